The lowest BCUT2D eigenvalue weighted by Gasteiger charge is -2.10. The summed E-state index contributed by atoms with van der Waals surface area (Å²) in [7, 11) is 0. The lowest BCUT2D eigenvalue weighted by atomic mass is 10.1. The molecule has 0 radical (unpaired) electrons. The van der Waals surface area contributed by atoms with Gasteiger partial charge >= 0.3 is 0 Å². The molecule has 0 aromatic heterocycles. The Labute approximate surface area is 116 Å². The van der Waals surface area contributed by atoms with Crippen LogP contribution in [0.15, 0.2) is 28.7 Å². The van der Waals surface area contributed by atoms with Crippen LogP contribution in [0.2, 0.25) is 0 Å². The first-order valence-corrected chi connectivity index (χ1v) is 7.28. The van der Waals surface area contributed by atoms with E-state index in [4.69, 9.17) is 0 Å². The van der Waals surface area contributed by atoms with Crippen molar-refractivity contribution in [1.29, 1.82) is 0 Å². The van der Waals surface area contributed by atoms with Gasteiger partial charge in [0, 0.05) is 23.5 Å². The Bertz CT molecular complexity index is 403. The van der Waals surface area contributed by atoms with Gasteiger partial charge in [-0.1, -0.05) is 34.1 Å². The smallest absolute Gasteiger partial charge is 0.220 e. The summed E-state index contributed by atoms with van der Waals surface area (Å²) in [6.07, 6.45) is 4.00. The number of benzene rings is 1. The zero-order chi connectivity index (χ0) is 12.8. The van der Waals surface area contributed by atoms with Gasteiger partial charge in [-0.2, -0.15) is 0 Å². The Morgan fingerprint density at radius 2 is 2.28 bits per heavy atom. The second-order valence-corrected chi connectivity index (χ2v) is 5.55. The number of amides is 1. The number of carbonyl (C=O) groups excluding carboxylic acids is 1. The fraction of sp³-hybridized carbons (Fsp3) is 0.500. The second-order valence-electron chi connectivity index (χ2n) is 4.70. The van der Waals surface area contributed by atoms with Crippen molar-refractivity contribution in [1.82, 2.24) is 10.6 Å². The molecule has 1 aliphatic rings. The van der Waals surface area contributed by atoms with Gasteiger partial charge in [-0.3, -0.25) is 4.79 Å². The molecule has 1 aliphatic heterocycles. The van der Waals surface area contributed by atoms with Crippen LogP contribution in [-0.4, -0.2) is 18.5 Å². The fourth-order valence-electron chi connectivity index (χ4n) is 2.23. The molecule has 1 saturated heterocycles. The fourth-order valence-corrected chi connectivity index (χ4v) is 2.66. The molecule has 1 unspecified atom stereocenters. The normalized spacial score (nSPS) is 18.8. The van der Waals surface area contributed by atoms with Crippen LogP contribution in [0.4, 0.5) is 0 Å². The minimum absolute atomic E-state index is 0.138. The zero-order valence-corrected chi connectivity index (χ0v) is 12.0. The Hall–Kier alpha value is -0.870. The van der Waals surface area contributed by atoms with Crippen LogP contribution in [0.25, 0.3) is 0 Å². The molecule has 1 heterocycles. The van der Waals surface area contributed by atoms with Gasteiger partial charge in [0.1, 0.15) is 0 Å². The molecule has 0 spiro atoms. The molecule has 4 heteroatoms. The molecular formula is C14H19BrN2O. The van der Waals surface area contributed by atoms with Crippen LogP contribution in [0.3, 0.4) is 0 Å². The molecular weight excluding hydrogens is 292 g/mol. The largest absolute Gasteiger partial charge is 0.352 e. The number of nitrogens with one attached hydrogen (secondary N) is 2. The van der Waals surface area contributed by atoms with Crippen LogP contribution in [0, 0.1) is 0 Å². The molecule has 1 amide bonds. The maximum atomic E-state index is 11.7. The van der Waals surface area contributed by atoms with Crippen molar-refractivity contribution in [3.05, 3.63) is 34.3 Å². The summed E-state index contributed by atoms with van der Waals surface area (Å²) >= 11 is 3.48. The van der Waals surface area contributed by atoms with Crippen LogP contribution < -0.4 is 10.6 Å². The van der Waals surface area contributed by atoms with E-state index in [0.717, 1.165) is 23.0 Å². The molecule has 1 aromatic rings. The van der Waals surface area contributed by atoms with Gasteiger partial charge in [0.25, 0.3) is 0 Å². The quantitative estimate of drug-likeness (QED) is 0.877. The molecule has 2 N–H and O–H groups in total. The van der Waals surface area contributed by atoms with Crippen LogP contribution in [-0.2, 0) is 11.3 Å². The average molecular weight is 311 g/mol. The third-order valence-electron chi connectivity index (χ3n) is 3.32. The van der Waals surface area contributed by atoms with Gasteiger partial charge in [0.05, 0.1) is 0 Å². The number of halogens is 1. The highest BCUT2D eigenvalue weighted by Gasteiger charge is 2.15. The SMILES string of the molecule is O=C(CCC1CCCN1)NCc1ccccc1Br. The Balaban J connectivity index is 1.69. The summed E-state index contributed by atoms with van der Waals surface area (Å²) in [5.41, 5.74) is 1.12. The second kappa shape index (κ2) is 6.90. The Morgan fingerprint density at radius 1 is 1.44 bits per heavy atom. The third-order valence-corrected chi connectivity index (χ3v) is 4.09. The highest BCUT2D eigenvalue weighted by Crippen LogP contribution is 2.15. The monoisotopic (exact) mass is 310 g/mol. The van der Waals surface area contributed by atoms with E-state index >= 15 is 0 Å². The minimum atomic E-state index is 0.138. The Morgan fingerprint density at radius 3 is 3.00 bits per heavy atom. The molecule has 0 bridgehead atoms. The number of hydrogen-bond acceptors (Lipinski definition) is 2. The van der Waals surface area contributed by atoms with Crippen molar-refractivity contribution < 1.29 is 4.79 Å². The molecule has 1 aromatic carbocycles. The lowest BCUT2D eigenvalue weighted by Crippen LogP contribution is -2.27. The van der Waals surface area contributed by atoms with Crippen molar-refractivity contribution in [3.63, 3.8) is 0 Å². The molecule has 18 heavy (non-hydrogen) atoms. The Kier molecular flexibility index (Phi) is 5.20. The van der Waals surface area contributed by atoms with E-state index in [0.29, 0.717) is 19.0 Å². The maximum Gasteiger partial charge on any atom is 0.220 e. The zero-order valence-electron chi connectivity index (χ0n) is 10.4. The summed E-state index contributed by atoms with van der Waals surface area (Å²) in [6, 6.07) is 8.50. The van der Waals surface area contributed by atoms with Crippen LogP contribution in [0.5, 0.6) is 0 Å². The highest BCUT2D eigenvalue weighted by molar-refractivity contribution is 9.10. The number of hydrogen-bond donors (Lipinski definition) is 2. The summed E-state index contributed by atoms with van der Waals surface area (Å²) in [6.45, 7) is 1.70. The van der Waals surface area contributed by atoms with Gasteiger partial charge in [-0.05, 0) is 37.4 Å². The number of carbonyl (C=O) groups is 1. The van der Waals surface area contributed by atoms with E-state index in [1.165, 1.54) is 12.8 Å². The topological polar surface area (TPSA) is 41.1 Å². The molecule has 0 aliphatic carbocycles. The van der Waals surface area contributed by atoms with E-state index in [9.17, 15) is 4.79 Å². The molecule has 0 saturated carbocycles. The average Bonchev–Trinajstić information content (AvgIpc) is 2.88. The van der Waals surface area contributed by atoms with Crippen molar-refractivity contribution in [2.24, 2.45) is 0 Å². The van der Waals surface area contributed by atoms with Gasteiger partial charge in [0.15, 0.2) is 0 Å². The summed E-state index contributed by atoms with van der Waals surface area (Å²) in [5.74, 6) is 0.138. The van der Waals surface area contributed by atoms with E-state index in [1.807, 2.05) is 24.3 Å². The summed E-state index contributed by atoms with van der Waals surface area (Å²) in [4.78, 5) is 11.7. The van der Waals surface area contributed by atoms with Crippen molar-refractivity contribution >= 4 is 21.8 Å². The highest BCUT2D eigenvalue weighted by atomic mass is 79.9. The van der Waals surface area contributed by atoms with Gasteiger partial charge in [0.2, 0.25) is 5.91 Å². The van der Waals surface area contributed by atoms with Gasteiger partial charge in [-0.15, -0.1) is 0 Å². The van der Waals surface area contributed by atoms with Crippen LogP contribution in [0.1, 0.15) is 31.2 Å². The molecule has 98 valence electrons. The van der Waals surface area contributed by atoms with Crippen LogP contribution >= 0.6 is 15.9 Å². The molecule has 1 atom stereocenters. The first kappa shape index (κ1) is 13.6. The van der Waals surface area contributed by atoms with E-state index < -0.39 is 0 Å². The first-order valence-electron chi connectivity index (χ1n) is 6.49. The predicted octanol–water partition coefficient (Wildman–Crippen LogP) is 2.60. The molecule has 2 rings (SSSR count). The molecule has 3 nitrogen and oxygen atoms in total. The lowest BCUT2D eigenvalue weighted by molar-refractivity contribution is -0.121. The summed E-state index contributed by atoms with van der Waals surface area (Å²) < 4.78 is 1.04. The maximum absolute atomic E-state index is 11.7. The van der Waals surface area contributed by atoms with Crippen molar-refractivity contribution in [3.8, 4) is 0 Å². The number of rotatable bonds is 5. The first-order chi connectivity index (χ1) is 8.75. The summed E-state index contributed by atoms with van der Waals surface area (Å²) in [5, 5.41) is 6.37. The predicted molar refractivity (Wildman–Crippen MR) is 76.2 cm³/mol. The van der Waals surface area contributed by atoms with Crippen molar-refractivity contribution in [2.45, 2.75) is 38.3 Å². The third kappa shape index (κ3) is 4.10. The molecule has 1 fully saturated rings. The van der Waals surface area contributed by atoms with E-state index in [1.54, 1.807) is 0 Å². The van der Waals surface area contributed by atoms with Crippen molar-refractivity contribution in [2.75, 3.05) is 6.54 Å². The van der Waals surface area contributed by atoms with Gasteiger partial charge < -0.3 is 10.6 Å². The minimum Gasteiger partial charge on any atom is -0.352 e. The standard InChI is InChI=1S/C14H19BrN2O/c15-13-6-2-1-4-11(13)10-17-14(18)8-7-12-5-3-9-16-12/h1-2,4,6,12,16H,3,5,7-10H2,(H,17,18). The van der Waals surface area contributed by atoms with E-state index in [-0.39, 0.29) is 5.91 Å². The van der Waals surface area contributed by atoms with Gasteiger partial charge in [-0.25, -0.2) is 0 Å². The van der Waals surface area contributed by atoms with E-state index in [2.05, 4.69) is 26.6 Å².